The Morgan fingerprint density at radius 3 is 2.48 bits per heavy atom. The van der Waals surface area contributed by atoms with Gasteiger partial charge in [0, 0.05) is 30.0 Å². The average molecular weight is 417 g/mol. The van der Waals surface area contributed by atoms with Crippen molar-refractivity contribution in [2.24, 2.45) is 5.92 Å². The summed E-state index contributed by atoms with van der Waals surface area (Å²) in [6, 6.07) is 19.2. The number of piperidine rings is 1. The molecule has 0 spiro atoms. The standard InChI is InChI=1S/C25H28N4O2/c1-18-15-19(2)29(27-18)16-20-10-12-21(13-11-20)25(31)28-14-6-7-22(17-28)24(30)26-23-8-4-3-5-9-23/h3-5,8-13,15,22H,6-7,14,16-17H2,1-2H3,(H,26,30). The maximum atomic E-state index is 13.0. The molecule has 0 saturated carbocycles. The largest absolute Gasteiger partial charge is 0.338 e. The summed E-state index contributed by atoms with van der Waals surface area (Å²) in [7, 11) is 0. The van der Waals surface area contributed by atoms with Crippen molar-refractivity contribution in [2.45, 2.75) is 33.2 Å². The highest BCUT2D eigenvalue weighted by Gasteiger charge is 2.29. The molecule has 2 aromatic carbocycles. The third-order valence-electron chi connectivity index (χ3n) is 5.76. The molecule has 160 valence electrons. The van der Waals surface area contributed by atoms with E-state index in [0.717, 1.165) is 35.5 Å². The minimum absolute atomic E-state index is 0.0186. The van der Waals surface area contributed by atoms with E-state index in [2.05, 4.69) is 16.5 Å². The lowest BCUT2D eigenvalue weighted by Gasteiger charge is -2.32. The second kappa shape index (κ2) is 9.16. The highest BCUT2D eigenvalue weighted by molar-refractivity contribution is 5.96. The van der Waals surface area contributed by atoms with Gasteiger partial charge in [0.1, 0.15) is 0 Å². The number of benzene rings is 2. The van der Waals surface area contributed by atoms with Gasteiger partial charge in [-0.3, -0.25) is 14.3 Å². The molecule has 1 aromatic heterocycles. The van der Waals surface area contributed by atoms with Gasteiger partial charge in [0.05, 0.1) is 18.2 Å². The second-order valence-corrected chi connectivity index (χ2v) is 8.23. The van der Waals surface area contributed by atoms with Gasteiger partial charge in [-0.25, -0.2) is 0 Å². The van der Waals surface area contributed by atoms with Crippen LogP contribution in [0, 0.1) is 19.8 Å². The molecule has 2 heterocycles. The van der Waals surface area contributed by atoms with Crippen LogP contribution in [0.4, 0.5) is 5.69 Å². The molecule has 6 heteroatoms. The number of amides is 2. The third kappa shape index (κ3) is 5.02. The monoisotopic (exact) mass is 416 g/mol. The Morgan fingerprint density at radius 2 is 1.81 bits per heavy atom. The first-order chi connectivity index (χ1) is 15.0. The number of aryl methyl sites for hydroxylation is 2. The van der Waals surface area contributed by atoms with Gasteiger partial charge < -0.3 is 10.2 Å². The molecule has 1 aliphatic rings. The Labute approximate surface area is 182 Å². The molecule has 1 N–H and O–H groups in total. The van der Waals surface area contributed by atoms with Crippen molar-refractivity contribution in [3.05, 3.63) is 83.2 Å². The fourth-order valence-corrected chi connectivity index (χ4v) is 4.08. The summed E-state index contributed by atoms with van der Waals surface area (Å²) < 4.78 is 1.97. The number of hydrogen-bond donors (Lipinski definition) is 1. The van der Waals surface area contributed by atoms with Crippen LogP contribution in [0.5, 0.6) is 0 Å². The maximum absolute atomic E-state index is 13.0. The van der Waals surface area contributed by atoms with Gasteiger partial charge in [-0.2, -0.15) is 5.10 Å². The van der Waals surface area contributed by atoms with Crippen LogP contribution in [-0.2, 0) is 11.3 Å². The molecular weight excluding hydrogens is 388 g/mol. The van der Waals surface area contributed by atoms with Crippen LogP contribution in [0.15, 0.2) is 60.7 Å². The van der Waals surface area contributed by atoms with Crippen LogP contribution in [-0.4, -0.2) is 39.6 Å². The number of nitrogens with one attached hydrogen (secondary N) is 1. The Kier molecular flexibility index (Phi) is 6.16. The van der Waals surface area contributed by atoms with Crippen LogP contribution < -0.4 is 5.32 Å². The molecule has 1 atom stereocenters. The van der Waals surface area contributed by atoms with Crippen LogP contribution in [0.25, 0.3) is 0 Å². The van der Waals surface area contributed by atoms with Crippen molar-refractivity contribution in [1.29, 1.82) is 0 Å². The van der Waals surface area contributed by atoms with Crippen LogP contribution in [0.1, 0.15) is 40.2 Å². The molecular formula is C25H28N4O2. The fraction of sp³-hybridized carbons (Fsp3) is 0.320. The number of rotatable bonds is 5. The number of anilines is 1. The smallest absolute Gasteiger partial charge is 0.253 e. The first-order valence-corrected chi connectivity index (χ1v) is 10.7. The number of likely N-dealkylation sites (tertiary alicyclic amines) is 1. The summed E-state index contributed by atoms with van der Waals surface area (Å²) in [4.78, 5) is 27.5. The summed E-state index contributed by atoms with van der Waals surface area (Å²) in [5, 5.41) is 7.46. The Morgan fingerprint density at radius 1 is 1.06 bits per heavy atom. The normalized spacial score (nSPS) is 16.2. The zero-order valence-corrected chi connectivity index (χ0v) is 18.0. The zero-order chi connectivity index (χ0) is 21.8. The van der Waals surface area contributed by atoms with Gasteiger partial charge in [-0.15, -0.1) is 0 Å². The van der Waals surface area contributed by atoms with Gasteiger partial charge in [0.2, 0.25) is 5.91 Å². The van der Waals surface area contributed by atoms with Crippen molar-refractivity contribution in [3.8, 4) is 0 Å². The molecule has 3 aromatic rings. The third-order valence-corrected chi connectivity index (χ3v) is 5.76. The summed E-state index contributed by atoms with van der Waals surface area (Å²) >= 11 is 0. The Balaban J connectivity index is 1.38. The SMILES string of the molecule is Cc1cc(C)n(Cc2ccc(C(=O)N3CCCC(C(=O)Nc4ccccc4)C3)cc2)n1. The predicted octanol–water partition coefficient (Wildman–Crippen LogP) is 4.04. The van der Waals surface area contributed by atoms with Crippen molar-refractivity contribution < 1.29 is 9.59 Å². The molecule has 1 saturated heterocycles. The molecule has 1 unspecified atom stereocenters. The van der Waals surface area contributed by atoms with Crippen molar-refractivity contribution in [3.63, 3.8) is 0 Å². The second-order valence-electron chi connectivity index (χ2n) is 8.23. The van der Waals surface area contributed by atoms with Gasteiger partial charge in [-0.05, 0) is 62.6 Å². The van der Waals surface area contributed by atoms with E-state index < -0.39 is 0 Å². The fourth-order valence-electron chi connectivity index (χ4n) is 4.08. The lowest BCUT2D eigenvalue weighted by atomic mass is 9.96. The predicted molar refractivity (Wildman–Crippen MR) is 121 cm³/mol. The van der Waals surface area contributed by atoms with Crippen molar-refractivity contribution in [2.75, 3.05) is 18.4 Å². The van der Waals surface area contributed by atoms with Gasteiger partial charge in [0.25, 0.3) is 5.91 Å². The highest BCUT2D eigenvalue weighted by atomic mass is 16.2. The van der Waals surface area contributed by atoms with E-state index in [0.29, 0.717) is 25.2 Å². The minimum Gasteiger partial charge on any atom is -0.338 e. The van der Waals surface area contributed by atoms with E-state index in [1.54, 1.807) is 4.90 Å². The number of nitrogens with zero attached hydrogens (tertiary/aromatic N) is 3. The minimum atomic E-state index is -0.191. The summed E-state index contributed by atoms with van der Waals surface area (Å²) in [6.07, 6.45) is 1.62. The zero-order valence-electron chi connectivity index (χ0n) is 18.0. The van der Waals surface area contributed by atoms with Crippen LogP contribution in [0.2, 0.25) is 0 Å². The van der Waals surface area contributed by atoms with Gasteiger partial charge >= 0.3 is 0 Å². The topological polar surface area (TPSA) is 67.2 Å². The quantitative estimate of drug-likeness (QED) is 0.683. The number of carbonyl (C=O) groups is 2. The van der Waals surface area contributed by atoms with E-state index in [1.165, 1.54) is 0 Å². The lowest BCUT2D eigenvalue weighted by Crippen LogP contribution is -2.43. The first kappa shape index (κ1) is 20.8. The molecule has 6 nitrogen and oxygen atoms in total. The Bertz CT molecular complexity index is 1060. The maximum Gasteiger partial charge on any atom is 0.253 e. The van der Waals surface area contributed by atoms with E-state index in [-0.39, 0.29) is 17.7 Å². The number of aromatic nitrogens is 2. The highest BCUT2D eigenvalue weighted by Crippen LogP contribution is 2.21. The molecule has 31 heavy (non-hydrogen) atoms. The molecule has 1 fully saturated rings. The summed E-state index contributed by atoms with van der Waals surface area (Å²) in [5.74, 6) is -0.234. The molecule has 2 amide bonds. The van der Waals surface area contributed by atoms with E-state index in [4.69, 9.17) is 0 Å². The molecule has 0 bridgehead atoms. The molecule has 1 aliphatic heterocycles. The number of hydrogen-bond acceptors (Lipinski definition) is 3. The number of carbonyl (C=O) groups excluding carboxylic acids is 2. The lowest BCUT2D eigenvalue weighted by molar-refractivity contribution is -0.121. The van der Waals surface area contributed by atoms with E-state index >= 15 is 0 Å². The van der Waals surface area contributed by atoms with Gasteiger partial charge in [0.15, 0.2) is 0 Å². The van der Waals surface area contributed by atoms with Crippen molar-refractivity contribution >= 4 is 17.5 Å². The Hall–Kier alpha value is -3.41. The molecule has 4 rings (SSSR count). The molecule has 0 radical (unpaired) electrons. The first-order valence-electron chi connectivity index (χ1n) is 10.7. The van der Waals surface area contributed by atoms with Gasteiger partial charge in [-0.1, -0.05) is 30.3 Å². The van der Waals surface area contributed by atoms with Crippen LogP contribution >= 0.6 is 0 Å². The summed E-state index contributed by atoms with van der Waals surface area (Å²) in [5.41, 5.74) is 4.66. The van der Waals surface area contributed by atoms with E-state index in [9.17, 15) is 9.59 Å². The number of para-hydroxylation sites is 1. The molecule has 0 aliphatic carbocycles. The van der Waals surface area contributed by atoms with Crippen molar-refractivity contribution in [1.82, 2.24) is 14.7 Å². The average Bonchev–Trinajstić information content (AvgIpc) is 3.11. The van der Waals surface area contributed by atoms with E-state index in [1.807, 2.05) is 73.1 Å². The summed E-state index contributed by atoms with van der Waals surface area (Å²) in [6.45, 7) is 5.84. The van der Waals surface area contributed by atoms with Crippen LogP contribution in [0.3, 0.4) is 0 Å².